The number of hydrogen-bond acceptors (Lipinski definition) is 7. The lowest BCUT2D eigenvalue weighted by Gasteiger charge is -2.30. The molecule has 284 valence electrons. The third-order valence-electron chi connectivity index (χ3n) is 10.5. The molecule has 0 radical (unpaired) electrons. The summed E-state index contributed by atoms with van der Waals surface area (Å²) in [6.45, 7) is 1.79. The van der Waals surface area contributed by atoms with E-state index in [1.807, 2.05) is 36.4 Å². The van der Waals surface area contributed by atoms with Crippen LogP contribution in [0.3, 0.4) is 0 Å². The summed E-state index contributed by atoms with van der Waals surface area (Å²) in [6, 6.07) is 19.9. The van der Waals surface area contributed by atoms with Crippen LogP contribution in [0, 0.1) is 11.8 Å². The maximum absolute atomic E-state index is 13.8. The molecule has 0 bridgehead atoms. The van der Waals surface area contributed by atoms with Crippen LogP contribution in [-0.2, 0) is 40.5 Å². The first-order valence-corrected chi connectivity index (χ1v) is 20.7. The molecule has 0 saturated heterocycles. The van der Waals surface area contributed by atoms with Crippen molar-refractivity contribution in [2.75, 3.05) is 10.6 Å². The molecule has 2 amide bonds. The summed E-state index contributed by atoms with van der Waals surface area (Å²) >= 11 is 1.38. The molecule has 0 aliphatic heterocycles. The molecule has 1 unspecified atom stereocenters. The van der Waals surface area contributed by atoms with Gasteiger partial charge in [-0.3, -0.25) is 14.4 Å². The first-order chi connectivity index (χ1) is 25.9. The summed E-state index contributed by atoms with van der Waals surface area (Å²) < 4.78 is 29.5. The van der Waals surface area contributed by atoms with Crippen LogP contribution in [0.1, 0.15) is 105 Å². The van der Waals surface area contributed by atoms with Gasteiger partial charge in [-0.05, 0) is 143 Å². The van der Waals surface area contributed by atoms with E-state index in [4.69, 9.17) is 5.11 Å². The van der Waals surface area contributed by atoms with E-state index in [-0.39, 0.29) is 27.8 Å². The van der Waals surface area contributed by atoms with Gasteiger partial charge in [0.1, 0.15) is 5.00 Å². The van der Waals surface area contributed by atoms with Crippen LogP contribution >= 0.6 is 11.3 Å². The van der Waals surface area contributed by atoms with E-state index >= 15 is 0 Å². The van der Waals surface area contributed by atoms with Crippen molar-refractivity contribution >= 4 is 55.8 Å². The van der Waals surface area contributed by atoms with Crippen molar-refractivity contribution in [3.8, 4) is 0 Å². The number of hydrogen-bond donors (Lipinski definition) is 5. The zero-order valence-electron chi connectivity index (χ0n) is 30.1. The summed E-state index contributed by atoms with van der Waals surface area (Å²) in [7, 11) is -3.98. The molecule has 1 atom stereocenters. The summed E-state index contributed by atoms with van der Waals surface area (Å²) in [6.07, 6.45) is 8.21. The second-order valence-electron chi connectivity index (χ2n) is 14.3. The Balaban J connectivity index is 1.09. The highest BCUT2D eigenvalue weighted by atomic mass is 32.2. The van der Waals surface area contributed by atoms with Crippen LogP contribution in [0.15, 0.2) is 77.7 Å². The standard InChI is InChI=1S/C41H45N3O8S2/c1-25(28-18-20-30(21-19-28)41(49)50)44-54(51,52)33-9-5-8-31(24-33)37(45)43-39-36(34-10-2-3-11-35(34)53-39)38(46)42-32-22-14-27(15-23-32)7-4-6-26-12-16-29(17-13-26)40(47)48/h5,8-9,12-17,22-25,28,30,44H,2-4,6-7,10-11,18-21H2,1H3,(H,42,46)(H,43,45)(H,47,48)(H,49,50)/t25?,28-,30-. The predicted molar refractivity (Wildman–Crippen MR) is 208 cm³/mol. The molecule has 4 aromatic rings. The molecule has 1 aromatic heterocycles. The van der Waals surface area contributed by atoms with Crippen molar-refractivity contribution in [2.24, 2.45) is 11.8 Å². The number of carboxylic acids is 2. The number of benzene rings is 3. The number of carbonyl (C=O) groups is 4. The fourth-order valence-electron chi connectivity index (χ4n) is 7.41. The number of aromatic carboxylic acids is 1. The van der Waals surface area contributed by atoms with E-state index in [9.17, 15) is 32.7 Å². The van der Waals surface area contributed by atoms with Gasteiger partial charge in [-0.2, -0.15) is 0 Å². The van der Waals surface area contributed by atoms with E-state index in [1.165, 1.54) is 35.6 Å². The minimum absolute atomic E-state index is 0.0117. The summed E-state index contributed by atoms with van der Waals surface area (Å²) in [5, 5.41) is 24.7. The van der Waals surface area contributed by atoms with Gasteiger partial charge in [0.15, 0.2) is 0 Å². The summed E-state index contributed by atoms with van der Waals surface area (Å²) in [5.41, 5.74) is 4.56. The number of nitrogens with one attached hydrogen (secondary N) is 3. The fraction of sp³-hybridized carbons (Fsp3) is 0.366. The second-order valence-corrected chi connectivity index (χ2v) is 17.1. The van der Waals surface area contributed by atoms with Gasteiger partial charge in [0.2, 0.25) is 10.0 Å². The SMILES string of the molecule is CC(NS(=O)(=O)c1cccc(C(=O)Nc2sc3c(c2C(=O)Nc2ccc(CCCc4ccc(C(=O)O)cc4)cc2)CCCC3)c1)[C@H]1CC[C@H](C(=O)O)CC1. The number of carbonyl (C=O) groups excluding carboxylic acids is 2. The molecule has 11 nitrogen and oxygen atoms in total. The quantitative estimate of drug-likeness (QED) is 0.0872. The Labute approximate surface area is 319 Å². The zero-order chi connectivity index (χ0) is 38.4. The van der Waals surface area contributed by atoms with Gasteiger partial charge in [0, 0.05) is 22.2 Å². The molecule has 2 aliphatic carbocycles. The van der Waals surface area contributed by atoms with Gasteiger partial charge < -0.3 is 20.8 Å². The van der Waals surface area contributed by atoms with Gasteiger partial charge in [-0.15, -0.1) is 11.3 Å². The van der Waals surface area contributed by atoms with Crippen LogP contribution in [0.5, 0.6) is 0 Å². The number of anilines is 2. The monoisotopic (exact) mass is 771 g/mol. The van der Waals surface area contributed by atoms with Gasteiger partial charge >= 0.3 is 11.9 Å². The fourth-order valence-corrected chi connectivity index (χ4v) is 10.0. The Morgan fingerprint density at radius 1 is 0.796 bits per heavy atom. The van der Waals surface area contributed by atoms with Crippen molar-refractivity contribution in [1.29, 1.82) is 0 Å². The first kappa shape index (κ1) is 38.9. The molecule has 6 rings (SSSR count). The van der Waals surface area contributed by atoms with Crippen LogP contribution < -0.4 is 15.4 Å². The molecule has 2 aliphatic rings. The molecule has 0 spiro atoms. The molecule has 1 heterocycles. The number of amides is 2. The van der Waals surface area contributed by atoms with Gasteiger partial charge in [0.05, 0.1) is 21.9 Å². The van der Waals surface area contributed by atoms with Crippen molar-refractivity contribution in [1.82, 2.24) is 4.72 Å². The molecule has 3 aromatic carbocycles. The average Bonchev–Trinajstić information content (AvgIpc) is 3.53. The number of aliphatic carboxylic acids is 1. The third-order valence-corrected chi connectivity index (χ3v) is 13.3. The lowest BCUT2D eigenvalue weighted by molar-refractivity contribution is -0.143. The Bertz CT molecular complexity index is 2120. The maximum Gasteiger partial charge on any atom is 0.335 e. The Hall–Kier alpha value is -4.85. The highest BCUT2D eigenvalue weighted by molar-refractivity contribution is 7.89. The van der Waals surface area contributed by atoms with Crippen LogP contribution in [0.4, 0.5) is 10.7 Å². The maximum atomic E-state index is 13.8. The molecular formula is C41H45N3O8S2. The number of fused-ring (bicyclic) bond motifs is 1. The predicted octanol–water partition coefficient (Wildman–Crippen LogP) is 7.56. The average molecular weight is 772 g/mol. The van der Waals surface area contributed by atoms with E-state index in [0.29, 0.717) is 41.9 Å². The molecular weight excluding hydrogens is 727 g/mol. The van der Waals surface area contributed by atoms with E-state index in [0.717, 1.165) is 66.5 Å². The normalized spacial score (nSPS) is 17.6. The highest BCUT2D eigenvalue weighted by Gasteiger charge is 2.31. The number of aryl methyl sites for hydroxylation is 3. The minimum atomic E-state index is -3.98. The molecule has 1 saturated carbocycles. The Kier molecular flexibility index (Phi) is 12.3. The van der Waals surface area contributed by atoms with Crippen molar-refractivity contribution in [3.05, 3.63) is 111 Å². The second kappa shape index (κ2) is 17.1. The van der Waals surface area contributed by atoms with Crippen molar-refractivity contribution in [2.45, 2.75) is 88.5 Å². The largest absolute Gasteiger partial charge is 0.481 e. The van der Waals surface area contributed by atoms with Gasteiger partial charge in [-0.25, -0.2) is 17.9 Å². The van der Waals surface area contributed by atoms with E-state index in [1.54, 1.807) is 19.1 Å². The molecule has 5 N–H and O–H groups in total. The topological polar surface area (TPSA) is 179 Å². The smallest absolute Gasteiger partial charge is 0.335 e. The van der Waals surface area contributed by atoms with Crippen LogP contribution in [-0.4, -0.2) is 48.4 Å². The third kappa shape index (κ3) is 9.44. The number of rotatable bonds is 14. The molecule has 1 fully saturated rings. The summed E-state index contributed by atoms with van der Waals surface area (Å²) in [5.74, 6) is -2.99. The molecule has 13 heteroatoms. The first-order valence-electron chi connectivity index (χ1n) is 18.4. The number of sulfonamides is 1. The Morgan fingerprint density at radius 2 is 1.44 bits per heavy atom. The van der Waals surface area contributed by atoms with Crippen LogP contribution in [0.25, 0.3) is 0 Å². The highest BCUT2D eigenvalue weighted by Crippen LogP contribution is 2.39. The minimum Gasteiger partial charge on any atom is -0.481 e. The van der Waals surface area contributed by atoms with Crippen molar-refractivity contribution < 1.29 is 37.8 Å². The van der Waals surface area contributed by atoms with Gasteiger partial charge in [-0.1, -0.05) is 30.3 Å². The van der Waals surface area contributed by atoms with E-state index in [2.05, 4.69) is 15.4 Å². The zero-order valence-corrected chi connectivity index (χ0v) is 31.7. The lowest BCUT2D eigenvalue weighted by atomic mass is 9.79. The summed E-state index contributed by atoms with van der Waals surface area (Å²) in [4.78, 5) is 50.9. The van der Waals surface area contributed by atoms with Gasteiger partial charge in [0.25, 0.3) is 11.8 Å². The Morgan fingerprint density at radius 3 is 2.09 bits per heavy atom. The van der Waals surface area contributed by atoms with Crippen LogP contribution in [0.2, 0.25) is 0 Å². The van der Waals surface area contributed by atoms with E-state index < -0.39 is 39.8 Å². The number of carboxylic acid groups (broad SMARTS) is 2. The number of thiophene rings is 1. The van der Waals surface area contributed by atoms with Crippen molar-refractivity contribution in [3.63, 3.8) is 0 Å². The molecule has 54 heavy (non-hydrogen) atoms. The lowest BCUT2D eigenvalue weighted by Crippen LogP contribution is -2.40.